The van der Waals surface area contributed by atoms with Crippen molar-refractivity contribution in [2.75, 3.05) is 51.8 Å². The Morgan fingerprint density at radius 3 is 2.79 bits per heavy atom. The minimum Gasteiger partial charge on any atom is -0.493 e. The molecule has 10 heteroatoms. The number of methoxy groups -OCH3 is 1. The molecule has 1 aromatic heterocycles. The Balaban J connectivity index is 1.37. The molecule has 2 heterocycles. The molecule has 0 aliphatic carbocycles. The number of amides is 1. The second kappa shape index (κ2) is 13.0. The van der Waals surface area contributed by atoms with Crippen molar-refractivity contribution in [2.45, 2.75) is 32.7 Å². The number of hydrogen-bond donors (Lipinski definition) is 3. The first kappa shape index (κ1) is 24.8. The fraction of sp³-hybridized carbons (Fsp3) is 0.522. The summed E-state index contributed by atoms with van der Waals surface area (Å²) < 4.78 is 13.4. The van der Waals surface area contributed by atoms with Gasteiger partial charge in [0, 0.05) is 69.3 Å². The van der Waals surface area contributed by atoms with Crippen LogP contribution in [-0.4, -0.2) is 71.9 Å². The number of ether oxygens (including phenoxy) is 2. The number of anilines is 1. The Morgan fingerprint density at radius 1 is 1.24 bits per heavy atom. The van der Waals surface area contributed by atoms with E-state index in [0.29, 0.717) is 36.1 Å². The van der Waals surface area contributed by atoms with Gasteiger partial charge in [-0.2, -0.15) is 0 Å². The van der Waals surface area contributed by atoms with Crippen LogP contribution in [0.1, 0.15) is 25.0 Å². The van der Waals surface area contributed by atoms with E-state index in [2.05, 4.69) is 25.5 Å². The molecule has 3 rings (SSSR count). The second-order valence-electron chi connectivity index (χ2n) is 7.91. The second-order valence-corrected chi connectivity index (χ2v) is 8.32. The molecule has 2 aromatic rings. The lowest BCUT2D eigenvalue weighted by molar-refractivity contribution is -0.132. The predicted molar refractivity (Wildman–Crippen MR) is 133 cm³/mol. The van der Waals surface area contributed by atoms with Crippen LogP contribution in [0.3, 0.4) is 0 Å². The largest absolute Gasteiger partial charge is 0.493 e. The van der Waals surface area contributed by atoms with Crippen LogP contribution in [0.15, 0.2) is 30.7 Å². The van der Waals surface area contributed by atoms with E-state index in [1.54, 1.807) is 7.11 Å². The number of hydrogen-bond acceptors (Lipinski definition) is 6. The molecule has 1 fully saturated rings. The fourth-order valence-electron chi connectivity index (χ4n) is 3.59. The number of imidazole rings is 1. The quantitative estimate of drug-likeness (QED) is 0.337. The van der Waals surface area contributed by atoms with Crippen molar-refractivity contribution in [1.82, 2.24) is 25.1 Å². The maximum atomic E-state index is 12.2. The zero-order valence-corrected chi connectivity index (χ0v) is 20.2. The minimum absolute atomic E-state index is 0.188. The molecule has 0 bridgehead atoms. The van der Waals surface area contributed by atoms with Gasteiger partial charge >= 0.3 is 0 Å². The van der Waals surface area contributed by atoms with E-state index < -0.39 is 0 Å². The summed E-state index contributed by atoms with van der Waals surface area (Å²) in [7, 11) is 1.61. The normalized spacial score (nSPS) is 13.5. The van der Waals surface area contributed by atoms with Gasteiger partial charge in [0.25, 0.3) is 0 Å². The fourth-order valence-corrected chi connectivity index (χ4v) is 3.81. The number of nitrogens with zero attached hydrogens (tertiary/aromatic N) is 3. The van der Waals surface area contributed by atoms with E-state index in [4.69, 9.17) is 21.7 Å². The van der Waals surface area contributed by atoms with Crippen LogP contribution < -0.4 is 25.4 Å². The molecule has 3 N–H and O–H groups in total. The predicted octanol–water partition coefficient (Wildman–Crippen LogP) is 2.17. The first-order valence-electron chi connectivity index (χ1n) is 11.4. The standard InChI is InChI=1S/C23H34N6O3S/c1-18-16-25-17-29(18)11-4-8-26-23(33)27-19-6-7-20(21(15-19)31-2)32-14-3-5-22(30)28-12-9-24-10-13-28/h6-7,15-17,24H,3-5,8-14H2,1-2H3,(H2,26,27,33). The summed E-state index contributed by atoms with van der Waals surface area (Å²) in [5, 5.41) is 10.2. The average Bonchev–Trinajstić information content (AvgIpc) is 3.25. The Kier molecular flexibility index (Phi) is 9.77. The van der Waals surface area contributed by atoms with Crippen LogP contribution in [-0.2, 0) is 11.3 Å². The summed E-state index contributed by atoms with van der Waals surface area (Å²) >= 11 is 5.40. The maximum absolute atomic E-state index is 12.2. The molecule has 1 aliphatic heterocycles. The highest BCUT2D eigenvalue weighted by Gasteiger charge is 2.15. The van der Waals surface area contributed by atoms with Crippen LogP contribution in [0.2, 0.25) is 0 Å². The molecule has 1 saturated heterocycles. The van der Waals surface area contributed by atoms with Crippen LogP contribution >= 0.6 is 12.2 Å². The van der Waals surface area contributed by atoms with Crippen molar-refractivity contribution >= 4 is 28.9 Å². The average molecular weight is 475 g/mol. The summed E-state index contributed by atoms with van der Waals surface area (Å²) in [6, 6.07) is 5.60. The van der Waals surface area contributed by atoms with Crippen molar-refractivity contribution in [1.29, 1.82) is 0 Å². The van der Waals surface area contributed by atoms with Gasteiger partial charge in [-0.1, -0.05) is 0 Å². The van der Waals surface area contributed by atoms with Crippen molar-refractivity contribution in [3.05, 3.63) is 36.4 Å². The summed E-state index contributed by atoms with van der Waals surface area (Å²) in [6.07, 6.45) is 5.78. The van der Waals surface area contributed by atoms with Gasteiger partial charge in [0.1, 0.15) is 0 Å². The molecule has 1 aromatic carbocycles. The summed E-state index contributed by atoms with van der Waals surface area (Å²) in [5.74, 6) is 1.45. The lowest BCUT2D eigenvalue weighted by Gasteiger charge is -2.27. The molecule has 1 aliphatic rings. The Bertz CT molecular complexity index is 913. The molecule has 9 nitrogen and oxygen atoms in total. The Morgan fingerprint density at radius 2 is 2.06 bits per heavy atom. The molecular formula is C23H34N6O3S. The van der Waals surface area contributed by atoms with Crippen molar-refractivity contribution in [3.63, 3.8) is 0 Å². The molecule has 0 saturated carbocycles. The van der Waals surface area contributed by atoms with Crippen LogP contribution in [0.25, 0.3) is 0 Å². The molecule has 33 heavy (non-hydrogen) atoms. The zero-order valence-electron chi connectivity index (χ0n) is 19.4. The highest BCUT2D eigenvalue weighted by atomic mass is 32.1. The van der Waals surface area contributed by atoms with Gasteiger partial charge < -0.3 is 34.9 Å². The lowest BCUT2D eigenvalue weighted by atomic mass is 10.2. The van der Waals surface area contributed by atoms with Crippen molar-refractivity contribution in [3.8, 4) is 11.5 Å². The Labute approximate surface area is 200 Å². The first-order valence-corrected chi connectivity index (χ1v) is 11.8. The van der Waals surface area contributed by atoms with Gasteiger partial charge in [0.15, 0.2) is 16.6 Å². The number of piperazine rings is 1. The molecular weight excluding hydrogens is 440 g/mol. The molecule has 0 radical (unpaired) electrons. The number of nitrogens with one attached hydrogen (secondary N) is 3. The number of carbonyl (C=O) groups excluding carboxylic acids is 1. The van der Waals surface area contributed by atoms with E-state index in [-0.39, 0.29) is 5.91 Å². The highest BCUT2D eigenvalue weighted by molar-refractivity contribution is 7.80. The third-order valence-corrected chi connectivity index (χ3v) is 5.71. The highest BCUT2D eigenvalue weighted by Crippen LogP contribution is 2.30. The van der Waals surface area contributed by atoms with E-state index in [1.807, 2.05) is 42.5 Å². The minimum atomic E-state index is 0.188. The lowest BCUT2D eigenvalue weighted by Crippen LogP contribution is -2.46. The van der Waals surface area contributed by atoms with Crippen molar-refractivity contribution < 1.29 is 14.3 Å². The third kappa shape index (κ3) is 7.90. The topological polar surface area (TPSA) is 92.7 Å². The monoisotopic (exact) mass is 474 g/mol. The Hall–Kier alpha value is -2.85. The number of rotatable bonds is 11. The summed E-state index contributed by atoms with van der Waals surface area (Å²) in [4.78, 5) is 18.3. The number of carbonyl (C=O) groups is 1. The SMILES string of the molecule is COc1cc(NC(=S)NCCCn2cncc2C)ccc1OCCCC(=O)N1CCNCC1. The molecule has 0 atom stereocenters. The molecule has 0 unspecified atom stereocenters. The number of aryl methyl sites for hydroxylation is 2. The van der Waals surface area contributed by atoms with Gasteiger partial charge in [-0.05, 0) is 44.1 Å². The van der Waals surface area contributed by atoms with Gasteiger partial charge in [0.2, 0.25) is 5.91 Å². The number of benzene rings is 1. The van der Waals surface area contributed by atoms with E-state index >= 15 is 0 Å². The molecule has 0 spiro atoms. The number of thiocarbonyl (C=S) groups is 1. The van der Waals surface area contributed by atoms with Crippen LogP contribution in [0.4, 0.5) is 5.69 Å². The smallest absolute Gasteiger partial charge is 0.222 e. The van der Waals surface area contributed by atoms with E-state index in [9.17, 15) is 4.79 Å². The van der Waals surface area contributed by atoms with Crippen molar-refractivity contribution in [2.24, 2.45) is 0 Å². The van der Waals surface area contributed by atoms with Gasteiger partial charge in [-0.15, -0.1) is 0 Å². The van der Waals surface area contributed by atoms with Crippen LogP contribution in [0.5, 0.6) is 11.5 Å². The summed E-state index contributed by atoms with van der Waals surface area (Å²) in [5.41, 5.74) is 1.97. The third-order valence-electron chi connectivity index (χ3n) is 5.47. The summed E-state index contributed by atoms with van der Waals surface area (Å²) in [6.45, 7) is 7.44. The molecule has 180 valence electrons. The van der Waals surface area contributed by atoms with Gasteiger partial charge in [-0.25, -0.2) is 4.98 Å². The number of aromatic nitrogens is 2. The molecule has 1 amide bonds. The van der Waals surface area contributed by atoms with Gasteiger partial charge in [0.05, 0.1) is 20.0 Å². The van der Waals surface area contributed by atoms with E-state index in [0.717, 1.165) is 57.1 Å². The van der Waals surface area contributed by atoms with Crippen LogP contribution in [0, 0.1) is 6.92 Å². The van der Waals surface area contributed by atoms with E-state index in [1.165, 1.54) is 0 Å². The zero-order chi connectivity index (χ0) is 23.5. The first-order chi connectivity index (χ1) is 16.1. The maximum Gasteiger partial charge on any atom is 0.222 e. The van der Waals surface area contributed by atoms with Gasteiger partial charge in [-0.3, -0.25) is 4.79 Å².